The van der Waals surface area contributed by atoms with E-state index in [0.717, 1.165) is 18.2 Å². The lowest BCUT2D eigenvalue weighted by atomic mass is 10.1. The number of hydrogen-bond acceptors (Lipinski definition) is 9. The first-order valence-corrected chi connectivity index (χ1v) is 13.0. The Morgan fingerprint density at radius 2 is 1.61 bits per heavy atom. The van der Waals surface area contributed by atoms with Crippen LogP contribution in [0.2, 0.25) is 0 Å². The van der Waals surface area contributed by atoms with Crippen LogP contribution < -0.4 is 35.7 Å². The number of sulfone groups is 1. The number of methoxy groups -OCH3 is 4. The van der Waals surface area contributed by atoms with E-state index in [1.165, 1.54) is 34.5 Å². The molecule has 0 saturated heterocycles. The molecular weight excluding hydrogens is 486 g/mol. The minimum Gasteiger partial charge on any atom is -0.496 e. The molecular formula is C25H35N3O7S. The fourth-order valence-electron chi connectivity index (χ4n) is 3.46. The number of unbranched alkanes of at least 4 members (excludes halogenated alkanes) is 1. The van der Waals surface area contributed by atoms with Crippen LogP contribution in [0.1, 0.15) is 30.4 Å². The van der Waals surface area contributed by atoms with Gasteiger partial charge in [-0.15, -0.1) is 0 Å². The molecule has 5 N–H and O–H groups in total. The van der Waals surface area contributed by atoms with Crippen molar-refractivity contribution in [2.24, 2.45) is 11.5 Å². The number of benzene rings is 2. The van der Waals surface area contributed by atoms with E-state index in [0.29, 0.717) is 52.8 Å². The number of amides is 1. The standard InChI is InChI=1S/C25H35N3O7S/c1-32-18-14-23(34-3)19(24(15-18)35-4)10-12-36(30,31)16-17-8-9-22(33-2)21(13-17)28-25(29)20(27)7-5-6-11-26/h8-10,12-15,20H,5-7,11,16,26-27H2,1-4H3,(H,28,29)/b12-10+/t20-/m1/s1. The lowest BCUT2D eigenvalue weighted by molar-refractivity contribution is -0.117. The average Bonchev–Trinajstić information content (AvgIpc) is 2.86. The van der Waals surface area contributed by atoms with Crippen LogP contribution in [0.3, 0.4) is 0 Å². The zero-order chi connectivity index (χ0) is 26.7. The van der Waals surface area contributed by atoms with E-state index >= 15 is 0 Å². The summed E-state index contributed by atoms with van der Waals surface area (Å²) >= 11 is 0. The lowest BCUT2D eigenvalue weighted by Crippen LogP contribution is -2.35. The molecule has 0 fully saturated rings. The van der Waals surface area contributed by atoms with Gasteiger partial charge in [-0.05, 0) is 43.2 Å². The maximum absolute atomic E-state index is 12.9. The summed E-state index contributed by atoms with van der Waals surface area (Å²) in [4.78, 5) is 12.5. The molecule has 0 aliphatic heterocycles. The third-order valence-corrected chi connectivity index (χ3v) is 6.68. The lowest BCUT2D eigenvalue weighted by Gasteiger charge is -2.15. The Morgan fingerprint density at radius 1 is 0.972 bits per heavy atom. The summed E-state index contributed by atoms with van der Waals surface area (Å²) in [5, 5.41) is 3.83. The molecule has 0 aromatic heterocycles. The summed E-state index contributed by atoms with van der Waals surface area (Å²) in [6, 6.07) is 7.33. The summed E-state index contributed by atoms with van der Waals surface area (Å²) in [7, 11) is 2.20. The smallest absolute Gasteiger partial charge is 0.241 e. The number of anilines is 1. The molecule has 0 saturated carbocycles. The summed E-state index contributed by atoms with van der Waals surface area (Å²) in [5.74, 6) is 1.01. The quantitative estimate of drug-likeness (QED) is 0.319. The first-order chi connectivity index (χ1) is 17.2. The summed E-state index contributed by atoms with van der Waals surface area (Å²) in [5.41, 5.74) is 12.7. The second-order valence-electron chi connectivity index (χ2n) is 7.97. The molecule has 0 unspecified atom stereocenters. The topological polar surface area (TPSA) is 152 Å². The number of nitrogens with two attached hydrogens (primary N) is 2. The SMILES string of the molecule is COc1cc(OC)c(/C=C/S(=O)(=O)Cc2ccc(OC)c(NC(=O)[C@H](N)CCCCN)c2)c(OC)c1. The Bertz CT molecular complexity index is 1140. The zero-order valence-electron chi connectivity index (χ0n) is 21.1. The van der Waals surface area contributed by atoms with Crippen molar-refractivity contribution in [2.45, 2.75) is 31.1 Å². The molecule has 0 heterocycles. The molecule has 0 radical (unpaired) electrons. The van der Waals surface area contributed by atoms with Crippen molar-refractivity contribution in [3.05, 3.63) is 46.9 Å². The van der Waals surface area contributed by atoms with Crippen LogP contribution >= 0.6 is 0 Å². The maximum Gasteiger partial charge on any atom is 0.241 e. The molecule has 2 rings (SSSR count). The molecule has 1 atom stereocenters. The van der Waals surface area contributed by atoms with E-state index in [9.17, 15) is 13.2 Å². The number of hydrogen-bond donors (Lipinski definition) is 3. The number of ether oxygens (including phenoxy) is 4. The van der Waals surface area contributed by atoms with E-state index < -0.39 is 15.9 Å². The summed E-state index contributed by atoms with van der Waals surface area (Å²) in [6.45, 7) is 0.533. The van der Waals surface area contributed by atoms with Gasteiger partial charge in [0.15, 0.2) is 9.84 Å². The Balaban J connectivity index is 2.24. The fraction of sp³-hybridized carbons (Fsp3) is 0.400. The minimum atomic E-state index is -3.71. The van der Waals surface area contributed by atoms with Crippen LogP contribution in [0, 0.1) is 0 Å². The highest BCUT2D eigenvalue weighted by molar-refractivity contribution is 7.93. The van der Waals surface area contributed by atoms with Crippen molar-refractivity contribution < 1.29 is 32.2 Å². The van der Waals surface area contributed by atoms with Crippen LogP contribution in [-0.4, -0.2) is 55.4 Å². The second-order valence-corrected chi connectivity index (χ2v) is 9.86. The third-order valence-electron chi connectivity index (χ3n) is 5.39. The molecule has 2 aromatic carbocycles. The number of carbonyl (C=O) groups excluding carboxylic acids is 1. The first-order valence-electron chi connectivity index (χ1n) is 11.3. The molecule has 36 heavy (non-hydrogen) atoms. The van der Waals surface area contributed by atoms with Crippen molar-refractivity contribution in [3.63, 3.8) is 0 Å². The minimum absolute atomic E-state index is 0.306. The van der Waals surface area contributed by atoms with Gasteiger partial charge in [-0.3, -0.25) is 4.79 Å². The Morgan fingerprint density at radius 3 is 2.17 bits per heavy atom. The van der Waals surface area contributed by atoms with Gasteiger partial charge in [0.2, 0.25) is 5.91 Å². The molecule has 0 bridgehead atoms. The Labute approximate surface area is 212 Å². The van der Waals surface area contributed by atoms with Crippen molar-refractivity contribution >= 4 is 27.5 Å². The molecule has 0 aliphatic carbocycles. The third kappa shape index (κ3) is 8.14. The maximum atomic E-state index is 12.9. The largest absolute Gasteiger partial charge is 0.496 e. The van der Waals surface area contributed by atoms with Crippen LogP contribution in [0.15, 0.2) is 35.7 Å². The van der Waals surface area contributed by atoms with Crippen molar-refractivity contribution in [1.82, 2.24) is 0 Å². The summed E-state index contributed by atoms with van der Waals surface area (Å²) in [6.07, 6.45) is 3.41. The van der Waals surface area contributed by atoms with Crippen LogP contribution in [0.5, 0.6) is 23.0 Å². The van der Waals surface area contributed by atoms with E-state index in [2.05, 4.69) is 5.32 Å². The van der Waals surface area contributed by atoms with E-state index in [-0.39, 0.29) is 11.7 Å². The van der Waals surface area contributed by atoms with Crippen LogP contribution in [0.4, 0.5) is 5.69 Å². The van der Waals surface area contributed by atoms with E-state index in [1.54, 1.807) is 30.3 Å². The van der Waals surface area contributed by atoms with Crippen LogP contribution in [0.25, 0.3) is 6.08 Å². The molecule has 0 spiro atoms. The fourth-order valence-corrected chi connectivity index (χ4v) is 4.54. The van der Waals surface area contributed by atoms with E-state index in [4.69, 9.17) is 30.4 Å². The monoisotopic (exact) mass is 521 g/mol. The Kier molecular flexibility index (Phi) is 11.0. The van der Waals surface area contributed by atoms with Crippen LogP contribution in [-0.2, 0) is 20.4 Å². The molecule has 10 nitrogen and oxygen atoms in total. The van der Waals surface area contributed by atoms with Crippen molar-refractivity contribution in [1.29, 1.82) is 0 Å². The molecule has 11 heteroatoms. The number of carbonyl (C=O) groups is 1. The highest BCUT2D eigenvalue weighted by Crippen LogP contribution is 2.35. The van der Waals surface area contributed by atoms with Crippen molar-refractivity contribution in [2.75, 3.05) is 40.3 Å². The van der Waals surface area contributed by atoms with Gasteiger partial charge in [-0.1, -0.05) is 12.5 Å². The molecule has 1 amide bonds. The number of nitrogens with one attached hydrogen (secondary N) is 1. The van der Waals surface area contributed by atoms with Gasteiger partial charge < -0.3 is 35.7 Å². The van der Waals surface area contributed by atoms with Gasteiger partial charge in [0.05, 0.1) is 51.5 Å². The second kappa shape index (κ2) is 13.7. The number of rotatable bonds is 14. The first kappa shape index (κ1) is 29.0. The van der Waals surface area contributed by atoms with Gasteiger partial charge in [0.25, 0.3) is 0 Å². The highest BCUT2D eigenvalue weighted by atomic mass is 32.2. The normalized spacial score (nSPS) is 12.3. The average molecular weight is 522 g/mol. The van der Waals surface area contributed by atoms with Gasteiger partial charge in [-0.2, -0.15) is 0 Å². The molecule has 0 aliphatic rings. The summed E-state index contributed by atoms with van der Waals surface area (Å²) < 4.78 is 47.1. The zero-order valence-corrected chi connectivity index (χ0v) is 21.9. The highest BCUT2D eigenvalue weighted by Gasteiger charge is 2.18. The molecule has 2 aromatic rings. The van der Waals surface area contributed by atoms with Gasteiger partial charge in [-0.25, -0.2) is 8.42 Å². The van der Waals surface area contributed by atoms with E-state index in [1.807, 2.05) is 0 Å². The Hall–Kier alpha value is -3.28. The van der Waals surface area contributed by atoms with Crippen molar-refractivity contribution in [3.8, 4) is 23.0 Å². The predicted molar refractivity (Wildman–Crippen MR) is 140 cm³/mol. The predicted octanol–water partition coefficient (Wildman–Crippen LogP) is 2.70. The van der Waals surface area contributed by atoms with Gasteiger partial charge in [0, 0.05) is 17.5 Å². The van der Waals surface area contributed by atoms with Gasteiger partial charge in [0.1, 0.15) is 23.0 Å². The molecule has 198 valence electrons. The van der Waals surface area contributed by atoms with Gasteiger partial charge >= 0.3 is 0 Å².